The maximum Gasteiger partial charge on any atom is 0.231 e. The summed E-state index contributed by atoms with van der Waals surface area (Å²) in [6.07, 6.45) is 2.16. The molecule has 4 rings (SSSR count). The van der Waals surface area contributed by atoms with Crippen LogP contribution in [0.4, 0.5) is 5.69 Å². The summed E-state index contributed by atoms with van der Waals surface area (Å²) in [5, 5.41) is 3.68. The summed E-state index contributed by atoms with van der Waals surface area (Å²) >= 11 is 0. The first-order valence-electron chi connectivity index (χ1n) is 7.01. The number of nitrogens with one attached hydrogen (secondary N) is 1. The van der Waals surface area contributed by atoms with E-state index < -0.39 is 0 Å². The molecule has 1 unspecified atom stereocenters. The molecule has 1 N–H and O–H groups in total. The number of hydrogen-bond acceptors (Lipinski definition) is 3. The summed E-state index contributed by atoms with van der Waals surface area (Å²) in [5.41, 5.74) is 3.82. The molecule has 0 aliphatic carbocycles. The van der Waals surface area contributed by atoms with E-state index in [1.165, 1.54) is 16.8 Å². The van der Waals surface area contributed by atoms with Gasteiger partial charge in [-0.15, -0.1) is 0 Å². The number of ether oxygens (including phenoxy) is 2. The number of benzene rings is 2. The Labute approximate surface area is 118 Å². The quantitative estimate of drug-likeness (QED) is 0.854. The fourth-order valence-electron chi connectivity index (χ4n) is 3.06. The Kier molecular flexibility index (Phi) is 2.43. The van der Waals surface area contributed by atoms with Crippen molar-refractivity contribution in [2.75, 3.05) is 12.1 Å². The summed E-state index contributed by atoms with van der Waals surface area (Å²) in [7, 11) is 0. The van der Waals surface area contributed by atoms with E-state index in [0.717, 1.165) is 24.3 Å². The van der Waals surface area contributed by atoms with Crippen LogP contribution in [0, 0.1) is 0 Å². The Bertz CT molecular complexity index is 668. The molecule has 0 saturated heterocycles. The van der Waals surface area contributed by atoms with Gasteiger partial charge in [-0.3, -0.25) is 0 Å². The zero-order valence-corrected chi connectivity index (χ0v) is 11.5. The van der Waals surface area contributed by atoms with E-state index in [4.69, 9.17) is 9.47 Å². The average Bonchev–Trinajstić information content (AvgIpc) is 2.94. The van der Waals surface area contributed by atoms with Crippen molar-refractivity contribution < 1.29 is 9.47 Å². The minimum absolute atomic E-state index is 0.0602. The first kappa shape index (κ1) is 11.6. The maximum absolute atomic E-state index is 5.49. The summed E-state index contributed by atoms with van der Waals surface area (Å²) < 4.78 is 10.9. The number of para-hydroxylation sites is 1. The van der Waals surface area contributed by atoms with E-state index >= 15 is 0 Å². The molecule has 0 radical (unpaired) electrons. The van der Waals surface area contributed by atoms with Crippen LogP contribution in [-0.4, -0.2) is 6.79 Å². The molecule has 102 valence electrons. The molecule has 3 heteroatoms. The predicted molar refractivity (Wildman–Crippen MR) is 78.3 cm³/mol. The molecule has 0 aromatic heterocycles. The number of anilines is 1. The third kappa shape index (κ3) is 1.73. The lowest BCUT2D eigenvalue weighted by Crippen LogP contribution is -2.35. The highest BCUT2D eigenvalue weighted by Gasteiger charge is 2.32. The van der Waals surface area contributed by atoms with Gasteiger partial charge in [-0.05, 0) is 49.1 Å². The fraction of sp³-hybridized carbons (Fsp3) is 0.294. The highest BCUT2D eigenvalue weighted by Crippen LogP contribution is 2.41. The smallest absolute Gasteiger partial charge is 0.231 e. The Morgan fingerprint density at radius 2 is 1.90 bits per heavy atom. The molecule has 0 amide bonds. The van der Waals surface area contributed by atoms with Crippen molar-refractivity contribution in [3.63, 3.8) is 0 Å². The minimum Gasteiger partial charge on any atom is -0.454 e. The van der Waals surface area contributed by atoms with Crippen molar-refractivity contribution in [2.45, 2.75) is 25.3 Å². The van der Waals surface area contributed by atoms with E-state index in [0.29, 0.717) is 6.79 Å². The van der Waals surface area contributed by atoms with Crippen LogP contribution in [0.1, 0.15) is 24.5 Å². The Hall–Kier alpha value is -2.16. The van der Waals surface area contributed by atoms with E-state index in [2.05, 4.69) is 48.6 Å². The molecule has 3 nitrogen and oxygen atoms in total. The summed E-state index contributed by atoms with van der Waals surface area (Å²) in [6, 6.07) is 14.8. The van der Waals surface area contributed by atoms with Crippen LogP contribution < -0.4 is 14.8 Å². The van der Waals surface area contributed by atoms with Gasteiger partial charge < -0.3 is 14.8 Å². The van der Waals surface area contributed by atoms with E-state index in [9.17, 15) is 0 Å². The molecule has 0 spiro atoms. The van der Waals surface area contributed by atoms with Crippen molar-refractivity contribution in [1.29, 1.82) is 0 Å². The van der Waals surface area contributed by atoms with Gasteiger partial charge in [0, 0.05) is 5.69 Å². The fourth-order valence-corrected chi connectivity index (χ4v) is 3.06. The van der Waals surface area contributed by atoms with Crippen LogP contribution >= 0.6 is 0 Å². The summed E-state index contributed by atoms with van der Waals surface area (Å²) in [6.45, 7) is 2.58. The summed E-state index contributed by atoms with van der Waals surface area (Å²) in [4.78, 5) is 0. The molecule has 20 heavy (non-hydrogen) atoms. The standard InChI is InChI=1S/C17H17NO2/c1-17(9-8-12-4-2-3-5-14(12)18-17)13-6-7-15-16(10-13)20-11-19-15/h2-7,10,18H,8-9,11H2,1H3. The van der Waals surface area contributed by atoms with Crippen molar-refractivity contribution in [1.82, 2.24) is 0 Å². The van der Waals surface area contributed by atoms with Crippen molar-refractivity contribution >= 4 is 5.69 Å². The van der Waals surface area contributed by atoms with E-state index in [-0.39, 0.29) is 5.54 Å². The average molecular weight is 267 g/mol. The van der Waals surface area contributed by atoms with Gasteiger partial charge in [-0.25, -0.2) is 0 Å². The van der Waals surface area contributed by atoms with Crippen molar-refractivity contribution in [2.24, 2.45) is 0 Å². The molecule has 1 atom stereocenters. The molecular formula is C17H17NO2. The van der Waals surface area contributed by atoms with Crippen molar-refractivity contribution in [3.05, 3.63) is 53.6 Å². The highest BCUT2D eigenvalue weighted by molar-refractivity contribution is 5.58. The second-order valence-electron chi connectivity index (χ2n) is 5.68. The lowest BCUT2D eigenvalue weighted by Gasteiger charge is -2.37. The van der Waals surface area contributed by atoms with Gasteiger partial charge in [-0.1, -0.05) is 24.3 Å². The molecule has 2 heterocycles. The first-order valence-corrected chi connectivity index (χ1v) is 7.01. The molecule has 2 aromatic rings. The largest absolute Gasteiger partial charge is 0.454 e. The Morgan fingerprint density at radius 1 is 1.05 bits per heavy atom. The van der Waals surface area contributed by atoms with Crippen LogP contribution in [0.15, 0.2) is 42.5 Å². The highest BCUT2D eigenvalue weighted by atomic mass is 16.7. The molecule has 2 aliphatic heterocycles. The molecule has 0 bridgehead atoms. The summed E-state index contributed by atoms with van der Waals surface area (Å²) in [5.74, 6) is 1.69. The zero-order chi connectivity index (χ0) is 13.6. The van der Waals surface area contributed by atoms with Gasteiger partial charge in [0.05, 0.1) is 5.54 Å². The lowest BCUT2D eigenvalue weighted by atomic mass is 9.82. The van der Waals surface area contributed by atoms with Crippen LogP contribution in [0.3, 0.4) is 0 Å². The van der Waals surface area contributed by atoms with Gasteiger partial charge in [0.25, 0.3) is 0 Å². The number of hydrogen-bond donors (Lipinski definition) is 1. The maximum atomic E-state index is 5.49. The van der Waals surface area contributed by atoms with Gasteiger partial charge in [0.1, 0.15) is 0 Å². The monoisotopic (exact) mass is 267 g/mol. The SMILES string of the molecule is CC1(c2ccc3c(c2)OCO3)CCc2ccccc2N1. The first-order chi connectivity index (χ1) is 9.74. The third-order valence-electron chi connectivity index (χ3n) is 4.33. The Balaban J connectivity index is 1.72. The Morgan fingerprint density at radius 3 is 2.85 bits per heavy atom. The lowest BCUT2D eigenvalue weighted by molar-refractivity contribution is 0.174. The van der Waals surface area contributed by atoms with Gasteiger partial charge in [0.15, 0.2) is 11.5 Å². The van der Waals surface area contributed by atoms with Gasteiger partial charge in [0.2, 0.25) is 6.79 Å². The number of aryl methyl sites for hydroxylation is 1. The van der Waals surface area contributed by atoms with E-state index in [1.807, 2.05) is 6.07 Å². The second kappa shape index (κ2) is 4.17. The van der Waals surface area contributed by atoms with Gasteiger partial charge >= 0.3 is 0 Å². The van der Waals surface area contributed by atoms with Crippen LogP contribution in [-0.2, 0) is 12.0 Å². The minimum atomic E-state index is -0.0602. The normalized spacial score (nSPS) is 23.1. The topological polar surface area (TPSA) is 30.5 Å². The predicted octanol–water partition coefficient (Wildman–Crippen LogP) is 3.69. The molecule has 2 aromatic carbocycles. The van der Waals surface area contributed by atoms with Crippen LogP contribution in [0.25, 0.3) is 0 Å². The third-order valence-corrected chi connectivity index (χ3v) is 4.33. The van der Waals surface area contributed by atoms with Gasteiger partial charge in [-0.2, -0.15) is 0 Å². The molecule has 0 fully saturated rings. The second-order valence-corrected chi connectivity index (χ2v) is 5.68. The van der Waals surface area contributed by atoms with Crippen LogP contribution in [0.2, 0.25) is 0 Å². The van der Waals surface area contributed by atoms with Crippen LogP contribution in [0.5, 0.6) is 11.5 Å². The molecule has 0 saturated carbocycles. The van der Waals surface area contributed by atoms with Crippen molar-refractivity contribution in [3.8, 4) is 11.5 Å². The zero-order valence-electron chi connectivity index (χ0n) is 11.5. The number of fused-ring (bicyclic) bond motifs is 2. The molecule has 2 aliphatic rings. The van der Waals surface area contributed by atoms with E-state index in [1.54, 1.807) is 0 Å². The molecular weight excluding hydrogens is 250 g/mol. The number of rotatable bonds is 1.